The fraction of sp³-hybridized carbons (Fsp3) is 0.647. The van der Waals surface area contributed by atoms with Crippen molar-refractivity contribution < 1.29 is 0 Å². The van der Waals surface area contributed by atoms with Gasteiger partial charge in [-0.05, 0) is 46.0 Å². The predicted octanol–water partition coefficient (Wildman–Crippen LogP) is 3.77. The van der Waals surface area contributed by atoms with Gasteiger partial charge in [0.25, 0.3) is 0 Å². The maximum atomic E-state index is 3.54. The summed E-state index contributed by atoms with van der Waals surface area (Å²) in [7, 11) is 2.07. The third-order valence-electron chi connectivity index (χ3n) is 4.52. The number of nitrogens with zero attached hydrogens (tertiary/aromatic N) is 1. The van der Waals surface area contributed by atoms with Gasteiger partial charge in [0.15, 0.2) is 0 Å². The summed E-state index contributed by atoms with van der Waals surface area (Å²) >= 11 is 0. The molecule has 0 aliphatic heterocycles. The average Bonchev–Trinajstić information content (AvgIpc) is 2.43. The third-order valence-corrected chi connectivity index (χ3v) is 4.52. The van der Waals surface area contributed by atoms with E-state index in [1.165, 1.54) is 11.1 Å². The molecule has 0 radical (unpaired) electrons. The van der Waals surface area contributed by atoms with E-state index < -0.39 is 0 Å². The quantitative estimate of drug-likeness (QED) is 0.805. The van der Waals surface area contributed by atoms with E-state index in [2.05, 4.69) is 76.1 Å². The highest BCUT2D eigenvalue weighted by Gasteiger charge is 2.36. The summed E-state index contributed by atoms with van der Waals surface area (Å²) in [6, 6.07) is 9.29. The van der Waals surface area contributed by atoms with E-state index in [-0.39, 0.29) is 5.54 Å². The minimum Gasteiger partial charge on any atom is -0.311 e. The molecule has 0 spiro atoms. The standard InChI is InChI=1S/C17H30N2/c1-7-17(5,19(8-2)9-3)16(18-6)15-12-10-14(4)11-13-15/h10-13,16,18H,7-9H2,1-6H3. The van der Waals surface area contributed by atoms with Crippen molar-refractivity contribution in [2.24, 2.45) is 0 Å². The van der Waals surface area contributed by atoms with Gasteiger partial charge in [0, 0.05) is 5.54 Å². The van der Waals surface area contributed by atoms with Crippen LogP contribution in [-0.2, 0) is 0 Å². The summed E-state index contributed by atoms with van der Waals surface area (Å²) in [5, 5.41) is 3.54. The van der Waals surface area contributed by atoms with E-state index in [1.807, 2.05) is 0 Å². The molecule has 0 aliphatic carbocycles. The highest BCUT2D eigenvalue weighted by atomic mass is 15.2. The first-order valence-electron chi connectivity index (χ1n) is 7.52. The Kier molecular flexibility index (Phi) is 6.02. The van der Waals surface area contributed by atoms with Crippen molar-refractivity contribution in [3.05, 3.63) is 35.4 Å². The molecule has 2 nitrogen and oxygen atoms in total. The smallest absolute Gasteiger partial charge is 0.0501 e. The van der Waals surface area contributed by atoms with Gasteiger partial charge in [-0.1, -0.05) is 50.6 Å². The van der Waals surface area contributed by atoms with Gasteiger partial charge in [-0.25, -0.2) is 0 Å². The van der Waals surface area contributed by atoms with Crippen molar-refractivity contribution in [1.29, 1.82) is 0 Å². The minimum atomic E-state index is 0.146. The Hall–Kier alpha value is -0.860. The summed E-state index contributed by atoms with van der Waals surface area (Å²) in [6.45, 7) is 13.5. The van der Waals surface area contributed by atoms with E-state index in [4.69, 9.17) is 0 Å². The average molecular weight is 262 g/mol. The molecule has 1 aromatic carbocycles. The Bertz CT molecular complexity index is 367. The Morgan fingerprint density at radius 2 is 1.63 bits per heavy atom. The second kappa shape index (κ2) is 7.06. The van der Waals surface area contributed by atoms with Crippen molar-refractivity contribution in [3.8, 4) is 0 Å². The summed E-state index contributed by atoms with van der Waals surface area (Å²) in [5.41, 5.74) is 2.84. The molecule has 0 fully saturated rings. The highest BCUT2D eigenvalue weighted by Crippen LogP contribution is 2.34. The molecule has 1 rings (SSSR count). The van der Waals surface area contributed by atoms with Crippen LogP contribution in [0.3, 0.4) is 0 Å². The van der Waals surface area contributed by atoms with Crippen molar-refractivity contribution in [1.82, 2.24) is 10.2 Å². The molecule has 0 aromatic heterocycles. The van der Waals surface area contributed by atoms with Crippen LogP contribution < -0.4 is 5.32 Å². The molecule has 2 atom stereocenters. The molecule has 0 heterocycles. The lowest BCUT2D eigenvalue weighted by Crippen LogP contribution is -2.53. The Morgan fingerprint density at radius 3 is 2.00 bits per heavy atom. The monoisotopic (exact) mass is 262 g/mol. The molecule has 0 bridgehead atoms. The van der Waals surface area contributed by atoms with Crippen LogP contribution in [0.1, 0.15) is 51.3 Å². The summed E-state index contributed by atoms with van der Waals surface area (Å²) in [5.74, 6) is 0. The van der Waals surface area contributed by atoms with Gasteiger partial charge in [-0.15, -0.1) is 0 Å². The number of hydrogen-bond acceptors (Lipinski definition) is 2. The van der Waals surface area contributed by atoms with Gasteiger partial charge >= 0.3 is 0 Å². The van der Waals surface area contributed by atoms with E-state index in [0.717, 1.165) is 19.5 Å². The largest absolute Gasteiger partial charge is 0.311 e. The summed E-state index contributed by atoms with van der Waals surface area (Å²) < 4.78 is 0. The number of benzene rings is 1. The Morgan fingerprint density at radius 1 is 1.11 bits per heavy atom. The lowest BCUT2D eigenvalue weighted by atomic mass is 9.82. The molecule has 0 amide bonds. The molecule has 2 heteroatoms. The Balaban J connectivity index is 3.14. The van der Waals surface area contributed by atoms with Crippen LogP contribution in [0, 0.1) is 6.92 Å². The molecular formula is C17H30N2. The SMILES string of the molecule is CCN(CC)C(C)(CC)C(NC)c1ccc(C)cc1. The van der Waals surface area contributed by atoms with Gasteiger partial charge < -0.3 is 5.32 Å². The molecule has 0 saturated carbocycles. The number of aryl methyl sites for hydroxylation is 1. The van der Waals surface area contributed by atoms with Gasteiger partial charge in [0.05, 0.1) is 6.04 Å². The van der Waals surface area contributed by atoms with Crippen LogP contribution >= 0.6 is 0 Å². The van der Waals surface area contributed by atoms with Crippen LogP contribution in [0.25, 0.3) is 0 Å². The molecular weight excluding hydrogens is 232 g/mol. The first-order chi connectivity index (χ1) is 9.03. The van der Waals surface area contributed by atoms with Crippen LogP contribution in [-0.4, -0.2) is 30.6 Å². The Labute approximate surface area is 119 Å². The second-order valence-corrected chi connectivity index (χ2v) is 5.52. The highest BCUT2D eigenvalue weighted by molar-refractivity contribution is 5.27. The van der Waals surface area contributed by atoms with E-state index in [9.17, 15) is 0 Å². The first-order valence-corrected chi connectivity index (χ1v) is 7.52. The van der Waals surface area contributed by atoms with Gasteiger partial charge in [-0.2, -0.15) is 0 Å². The molecule has 2 unspecified atom stereocenters. The first kappa shape index (κ1) is 16.2. The molecule has 0 saturated heterocycles. The van der Waals surface area contributed by atoms with Crippen LogP contribution in [0.5, 0.6) is 0 Å². The summed E-state index contributed by atoms with van der Waals surface area (Å²) in [4.78, 5) is 2.56. The zero-order valence-corrected chi connectivity index (χ0v) is 13.5. The maximum absolute atomic E-state index is 3.54. The topological polar surface area (TPSA) is 15.3 Å². The molecule has 108 valence electrons. The van der Waals surface area contributed by atoms with Crippen molar-refractivity contribution >= 4 is 0 Å². The fourth-order valence-corrected chi connectivity index (χ4v) is 3.15. The molecule has 19 heavy (non-hydrogen) atoms. The number of nitrogens with one attached hydrogen (secondary N) is 1. The van der Waals surface area contributed by atoms with E-state index in [0.29, 0.717) is 6.04 Å². The second-order valence-electron chi connectivity index (χ2n) is 5.52. The summed E-state index contributed by atoms with van der Waals surface area (Å²) in [6.07, 6.45) is 1.13. The van der Waals surface area contributed by atoms with Gasteiger partial charge in [0.2, 0.25) is 0 Å². The van der Waals surface area contributed by atoms with Gasteiger partial charge in [0.1, 0.15) is 0 Å². The lowest BCUT2D eigenvalue weighted by Gasteiger charge is -2.46. The van der Waals surface area contributed by atoms with Crippen molar-refractivity contribution in [2.45, 2.75) is 52.6 Å². The number of rotatable bonds is 7. The maximum Gasteiger partial charge on any atom is 0.0501 e. The molecule has 0 aliphatic rings. The number of hydrogen-bond donors (Lipinski definition) is 1. The lowest BCUT2D eigenvalue weighted by molar-refractivity contribution is 0.0728. The minimum absolute atomic E-state index is 0.146. The van der Waals surface area contributed by atoms with Gasteiger partial charge in [-0.3, -0.25) is 4.90 Å². The van der Waals surface area contributed by atoms with Crippen LogP contribution in [0.4, 0.5) is 0 Å². The van der Waals surface area contributed by atoms with E-state index >= 15 is 0 Å². The zero-order valence-electron chi connectivity index (χ0n) is 13.5. The third kappa shape index (κ3) is 3.37. The predicted molar refractivity (Wildman–Crippen MR) is 84.6 cm³/mol. The van der Waals surface area contributed by atoms with Crippen LogP contribution in [0.2, 0.25) is 0 Å². The zero-order chi connectivity index (χ0) is 14.5. The number of likely N-dealkylation sites (N-methyl/N-ethyl adjacent to an activating group) is 2. The van der Waals surface area contributed by atoms with Crippen LogP contribution in [0.15, 0.2) is 24.3 Å². The van der Waals surface area contributed by atoms with Crippen molar-refractivity contribution in [2.75, 3.05) is 20.1 Å². The molecule has 1 aromatic rings. The van der Waals surface area contributed by atoms with E-state index in [1.54, 1.807) is 0 Å². The normalized spacial score (nSPS) is 16.4. The molecule has 1 N–H and O–H groups in total. The van der Waals surface area contributed by atoms with Crippen molar-refractivity contribution in [3.63, 3.8) is 0 Å². The fourth-order valence-electron chi connectivity index (χ4n) is 3.15.